The largest absolute Gasteiger partial charge is 0.377 e. The fraction of sp³-hybridized carbons (Fsp3) is 0.750. The van der Waals surface area contributed by atoms with Crippen molar-refractivity contribution in [1.82, 2.24) is 0 Å². The molecule has 1 N–H and O–H groups in total. The zero-order valence-electron chi connectivity index (χ0n) is 13.5. The smallest absolute Gasteiger partial charge is 0.155 e. The molecule has 6 atom stereocenters. The van der Waals surface area contributed by atoms with Crippen molar-refractivity contribution in [2.24, 2.45) is 29.1 Å². The lowest BCUT2D eigenvalue weighted by atomic mass is 9.50. The number of fused-ring (bicyclic) bond motifs is 5. The van der Waals surface area contributed by atoms with Gasteiger partial charge in [0.2, 0.25) is 0 Å². The minimum Gasteiger partial charge on any atom is -0.377 e. The van der Waals surface area contributed by atoms with Crippen molar-refractivity contribution < 1.29 is 9.90 Å². The number of carbonyl (C=O) groups is 1. The average molecular weight is 298 g/mol. The first-order valence-corrected chi connectivity index (χ1v) is 8.92. The second-order valence-corrected chi connectivity index (χ2v) is 8.30. The van der Waals surface area contributed by atoms with Gasteiger partial charge in [-0.3, -0.25) is 4.79 Å². The molecule has 0 aliphatic heterocycles. The van der Waals surface area contributed by atoms with Gasteiger partial charge in [0.15, 0.2) is 5.78 Å². The molecule has 4 aliphatic carbocycles. The molecule has 4 aliphatic rings. The van der Waals surface area contributed by atoms with E-state index >= 15 is 0 Å². The van der Waals surface area contributed by atoms with E-state index in [-0.39, 0.29) is 5.41 Å². The highest BCUT2D eigenvalue weighted by Gasteiger charge is 2.61. The maximum atomic E-state index is 11.7. The van der Waals surface area contributed by atoms with Gasteiger partial charge in [0.25, 0.3) is 0 Å². The molecule has 4 rings (SSSR count). The predicted molar refractivity (Wildman–Crippen MR) is 85.9 cm³/mol. The van der Waals surface area contributed by atoms with Crippen molar-refractivity contribution in [3.63, 3.8) is 0 Å². The Morgan fingerprint density at radius 3 is 2.77 bits per heavy atom. The summed E-state index contributed by atoms with van der Waals surface area (Å²) >= 11 is 0. The number of terminal acetylenes is 1. The molecule has 0 aromatic heterocycles. The second-order valence-electron chi connectivity index (χ2n) is 8.30. The molecule has 118 valence electrons. The van der Waals surface area contributed by atoms with E-state index in [4.69, 9.17) is 6.42 Å². The van der Waals surface area contributed by atoms with E-state index in [9.17, 15) is 9.90 Å². The lowest BCUT2D eigenvalue weighted by Gasteiger charge is -2.54. The average Bonchev–Trinajstić information content (AvgIpc) is 2.79. The third kappa shape index (κ3) is 1.75. The van der Waals surface area contributed by atoms with E-state index in [2.05, 4.69) is 12.8 Å². The molecule has 2 nitrogen and oxygen atoms in total. The zero-order chi connectivity index (χ0) is 15.5. The fourth-order valence-electron chi connectivity index (χ4n) is 6.43. The van der Waals surface area contributed by atoms with Crippen LogP contribution >= 0.6 is 0 Å². The molecular weight excluding hydrogens is 272 g/mol. The van der Waals surface area contributed by atoms with Gasteiger partial charge in [0, 0.05) is 11.8 Å². The van der Waals surface area contributed by atoms with Gasteiger partial charge in [-0.15, -0.1) is 6.42 Å². The summed E-state index contributed by atoms with van der Waals surface area (Å²) in [6.45, 7) is 2.23. The number of carbonyl (C=O) groups excluding carboxylic acids is 1. The molecule has 0 aromatic carbocycles. The summed E-state index contributed by atoms with van der Waals surface area (Å²) in [5.41, 5.74) is 0.418. The normalized spacial score (nSPS) is 50.4. The molecule has 3 fully saturated rings. The second kappa shape index (κ2) is 4.71. The topological polar surface area (TPSA) is 37.3 Å². The molecule has 0 amide bonds. The van der Waals surface area contributed by atoms with Crippen LogP contribution in [0.1, 0.15) is 58.3 Å². The van der Waals surface area contributed by atoms with Gasteiger partial charge in [-0.05, 0) is 74.7 Å². The van der Waals surface area contributed by atoms with E-state index in [1.807, 2.05) is 6.08 Å². The van der Waals surface area contributed by atoms with Gasteiger partial charge >= 0.3 is 0 Å². The SMILES string of the molecule is C#C[C@@]1(O)CC[C@H]2[C@@H]3CCC4=CC(=O)CC[C@@H]4[C@H]3CC[C@]21C. The minimum absolute atomic E-state index is 0.103. The van der Waals surface area contributed by atoms with Crippen LogP contribution in [0.3, 0.4) is 0 Å². The van der Waals surface area contributed by atoms with Crippen LogP contribution in [0.5, 0.6) is 0 Å². The Kier molecular flexibility index (Phi) is 3.11. The van der Waals surface area contributed by atoms with Crippen molar-refractivity contribution in [2.75, 3.05) is 0 Å². The Labute approximate surface area is 133 Å². The van der Waals surface area contributed by atoms with Crippen LogP contribution in [-0.2, 0) is 4.79 Å². The van der Waals surface area contributed by atoms with Gasteiger partial charge < -0.3 is 5.11 Å². The summed E-state index contributed by atoms with van der Waals surface area (Å²) in [6, 6.07) is 0. The van der Waals surface area contributed by atoms with Crippen molar-refractivity contribution in [1.29, 1.82) is 0 Å². The Morgan fingerprint density at radius 2 is 2.00 bits per heavy atom. The monoisotopic (exact) mass is 298 g/mol. The molecule has 0 radical (unpaired) electrons. The van der Waals surface area contributed by atoms with Gasteiger partial charge in [-0.2, -0.15) is 0 Å². The quantitative estimate of drug-likeness (QED) is 0.695. The first-order chi connectivity index (χ1) is 10.5. The molecular formula is C20H26O2. The molecule has 0 unspecified atom stereocenters. The van der Waals surface area contributed by atoms with Gasteiger partial charge in [0.05, 0.1) is 0 Å². The highest BCUT2D eigenvalue weighted by atomic mass is 16.3. The Bertz CT molecular complexity index is 583. The van der Waals surface area contributed by atoms with Crippen molar-refractivity contribution in [2.45, 2.75) is 63.9 Å². The highest BCUT2D eigenvalue weighted by Crippen LogP contribution is 2.64. The van der Waals surface area contributed by atoms with Gasteiger partial charge in [-0.25, -0.2) is 0 Å². The first-order valence-electron chi connectivity index (χ1n) is 8.92. The molecule has 0 spiro atoms. The lowest BCUT2D eigenvalue weighted by Crippen LogP contribution is -2.52. The van der Waals surface area contributed by atoms with E-state index < -0.39 is 5.60 Å². The molecule has 3 saturated carbocycles. The molecule has 22 heavy (non-hydrogen) atoms. The Hall–Kier alpha value is -1.07. The maximum Gasteiger partial charge on any atom is 0.155 e. The minimum atomic E-state index is -0.902. The van der Waals surface area contributed by atoms with Crippen LogP contribution in [0.25, 0.3) is 0 Å². The highest BCUT2D eigenvalue weighted by molar-refractivity contribution is 5.91. The Morgan fingerprint density at radius 1 is 1.18 bits per heavy atom. The summed E-state index contributed by atoms with van der Waals surface area (Å²) in [6.07, 6.45) is 15.7. The van der Waals surface area contributed by atoms with Gasteiger partial charge in [0.1, 0.15) is 5.60 Å². The summed E-state index contributed by atoms with van der Waals surface area (Å²) in [5, 5.41) is 10.9. The number of ketones is 1. The van der Waals surface area contributed by atoms with Crippen LogP contribution in [0.4, 0.5) is 0 Å². The Balaban J connectivity index is 1.65. The fourth-order valence-corrected chi connectivity index (χ4v) is 6.43. The van der Waals surface area contributed by atoms with E-state index in [1.54, 1.807) is 0 Å². The number of hydrogen-bond donors (Lipinski definition) is 1. The first kappa shape index (κ1) is 14.5. The summed E-state index contributed by atoms with van der Waals surface area (Å²) in [4.78, 5) is 11.7. The molecule has 2 heteroatoms. The molecule has 0 heterocycles. The summed E-state index contributed by atoms with van der Waals surface area (Å²) in [5.74, 6) is 5.66. The van der Waals surface area contributed by atoms with E-state index in [0.29, 0.717) is 29.5 Å². The van der Waals surface area contributed by atoms with E-state index in [1.165, 1.54) is 12.0 Å². The maximum absolute atomic E-state index is 11.7. The lowest BCUT2D eigenvalue weighted by molar-refractivity contribution is -0.116. The molecule has 0 aromatic rings. The third-order valence-electron chi connectivity index (χ3n) is 7.69. The summed E-state index contributed by atoms with van der Waals surface area (Å²) in [7, 11) is 0. The standard InChI is InChI=1S/C20H26O2/c1-3-20(22)11-9-18-17-6-4-13-12-14(21)5-7-15(13)16(17)8-10-19(18,20)2/h1,12,15-18,22H,4-11H2,2H3/t15-,16+,17+,18-,19+,20+/m0/s1. The predicted octanol–water partition coefficient (Wildman–Crippen LogP) is 3.49. The summed E-state index contributed by atoms with van der Waals surface area (Å²) < 4.78 is 0. The number of allylic oxidation sites excluding steroid dienone is 1. The molecule has 0 saturated heterocycles. The van der Waals surface area contributed by atoms with Gasteiger partial charge in [-0.1, -0.05) is 18.4 Å². The number of aliphatic hydroxyl groups is 1. The third-order valence-corrected chi connectivity index (χ3v) is 7.69. The van der Waals surface area contributed by atoms with Crippen molar-refractivity contribution >= 4 is 5.78 Å². The van der Waals surface area contributed by atoms with Crippen LogP contribution in [0.15, 0.2) is 11.6 Å². The van der Waals surface area contributed by atoms with Crippen molar-refractivity contribution in [3.8, 4) is 12.3 Å². The van der Waals surface area contributed by atoms with Crippen LogP contribution in [-0.4, -0.2) is 16.5 Å². The van der Waals surface area contributed by atoms with Crippen molar-refractivity contribution in [3.05, 3.63) is 11.6 Å². The zero-order valence-corrected chi connectivity index (χ0v) is 13.5. The number of hydrogen-bond acceptors (Lipinski definition) is 2. The van der Waals surface area contributed by atoms with Crippen LogP contribution < -0.4 is 0 Å². The number of rotatable bonds is 0. The van der Waals surface area contributed by atoms with E-state index in [0.717, 1.165) is 44.9 Å². The molecule has 0 bridgehead atoms. The van der Waals surface area contributed by atoms with Crippen LogP contribution in [0, 0.1) is 41.4 Å². The van der Waals surface area contributed by atoms with Crippen LogP contribution in [0.2, 0.25) is 0 Å².